The van der Waals surface area contributed by atoms with E-state index in [4.69, 9.17) is 10.4 Å². The highest BCUT2D eigenvalue weighted by atomic mass is 17.1. The van der Waals surface area contributed by atoms with Crippen LogP contribution in [-0.4, -0.2) is 22.9 Å². The van der Waals surface area contributed by atoms with E-state index in [1.54, 1.807) is 0 Å². The smallest absolute Gasteiger partial charge is 0.303 e. The van der Waals surface area contributed by atoms with E-state index < -0.39 is 5.97 Å². The molecule has 0 amide bonds. The summed E-state index contributed by atoms with van der Waals surface area (Å²) in [4.78, 5) is 14.1. The Morgan fingerprint density at radius 1 is 1.55 bits per heavy atom. The lowest BCUT2D eigenvalue weighted by atomic mass is 9.86. The molecular weight excluding hydrogens is 148 g/mol. The van der Waals surface area contributed by atoms with Crippen LogP contribution in [0.3, 0.4) is 0 Å². The topological polar surface area (TPSA) is 66.8 Å². The molecule has 0 aromatic rings. The summed E-state index contributed by atoms with van der Waals surface area (Å²) in [5.74, 6) is -0.826. The molecule has 0 fully saturated rings. The van der Waals surface area contributed by atoms with E-state index in [9.17, 15) is 4.79 Å². The first-order valence-corrected chi connectivity index (χ1v) is 3.46. The van der Waals surface area contributed by atoms with Crippen molar-refractivity contribution in [1.82, 2.24) is 0 Å². The number of rotatable bonds is 5. The summed E-state index contributed by atoms with van der Waals surface area (Å²) < 4.78 is 0. The molecule has 2 N–H and O–H groups in total. The molecule has 0 aliphatic heterocycles. The van der Waals surface area contributed by atoms with Gasteiger partial charge in [-0.2, -0.15) is 0 Å². The average molecular weight is 162 g/mol. The molecule has 0 saturated carbocycles. The standard InChI is InChI=1S/C7H14O4/c1-7(2,3-4-11-10)5-6(8)9/h10H,3-5H2,1-2H3,(H,8,9). The number of aliphatic carboxylic acids is 1. The molecule has 0 radical (unpaired) electrons. The zero-order chi connectivity index (χ0) is 8.91. The van der Waals surface area contributed by atoms with E-state index in [1.807, 2.05) is 13.8 Å². The summed E-state index contributed by atoms with van der Waals surface area (Å²) >= 11 is 0. The van der Waals surface area contributed by atoms with Crippen molar-refractivity contribution < 1.29 is 20.0 Å². The van der Waals surface area contributed by atoms with Crippen LogP contribution in [-0.2, 0) is 9.68 Å². The van der Waals surface area contributed by atoms with Gasteiger partial charge in [-0.1, -0.05) is 13.8 Å². The second-order valence-electron chi connectivity index (χ2n) is 3.32. The van der Waals surface area contributed by atoms with Crippen LogP contribution in [0.1, 0.15) is 26.7 Å². The van der Waals surface area contributed by atoms with Gasteiger partial charge in [0.05, 0.1) is 13.0 Å². The van der Waals surface area contributed by atoms with Crippen LogP contribution < -0.4 is 0 Å². The Labute approximate surface area is 65.7 Å². The Kier molecular flexibility index (Phi) is 4.07. The van der Waals surface area contributed by atoms with E-state index in [2.05, 4.69) is 4.89 Å². The van der Waals surface area contributed by atoms with Gasteiger partial charge in [-0.15, -0.1) is 0 Å². The zero-order valence-corrected chi connectivity index (χ0v) is 6.83. The molecule has 0 aromatic carbocycles. The summed E-state index contributed by atoms with van der Waals surface area (Å²) in [5.41, 5.74) is -0.311. The van der Waals surface area contributed by atoms with Crippen LogP contribution in [0, 0.1) is 5.41 Å². The minimum Gasteiger partial charge on any atom is -0.481 e. The van der Waals surface area contributed by atoms with Crippen molar-refractivity contribution in [3.05, 3.63) is 0 Å². The van der Waals surface area contributed by atoms with Crippen LogP contribution >= 0.6 is 0 Å². The van der Waals surface area contributed by atoms with Crippen molar-refractivity contribution in [2.24, 2.45) is 5.41 Å². The molecule has 0 spiro atoms. The Morgan fingerprint density at radius 3 is 2.45 bits per heavy atom. The molecule has 0 atom stereocenters. The second kappa shape index (κ2) is 4.31. The van der Waals surface area contributed by atoms with Gasteiger partial charge < -0.3 is 5.11 Å². The van der Waals surface area contributed by atoms with Crippen LogP contribution in [0.15, 0.2) is 0 Å². The number of carbonyl (C=O) groups is 1. The van der Waals surface area contributed by atoms with Crippen LogP contribution in [0.5, 0.6) is 0 Å². The minimum atomic E-state index is -0.826. The van der Waals surface area contributed by atoms with E-state index in [0.717, 1.165) is 0 Å². The first-order valence-electron chi connectivity index (χ1n) is 3.46. The van der Waals surface area contributed by atoms with Gasteiger partial charge in [0, 0.05) is 0 Å². The molecule has 0 saturated heterocycles. The minimum absolute atomic E-state index is 0.0936. The molecule has 0 heterocycles. The van der Waals surface area contributed by atoms with E-state index >= 15 is 0 Å². The van der Waals surface area contributed by atoms with Crippen molar-refractivity contribution in [1.29, 1.82) is 0 Å². The largest absolute Gasteiger partial charge is 0.481 e. The van der Waals surface area contributed by atoms with Gasteiger partial charge in [-0.05, 0) is 11.8 Å². The molecule has 66 valence electrons. The number of carboxylic acids is 1. The Hall–Kier alpha value is -0.610. The van der Waals surface area contributed by atoms with Crippen LogP contribution in [0.4, 0.5) is 0 Å². The summed E-state index contributed by atoms with van der Waals surface area (Å²) in [7, 11) is 0. The fourth-order valence-electron chi connectivity index (χ4n) is 0.820. The SMILES string of the molecule is CC(C)(CCOO)CC(=O)O. The van der Waals surface area contributed by atoms with Gasteiger partial charge in [-0.25, -0.2) is 4.89 Å². The molecule has 4 nitrogen and oxygen atoms in total. The highest BCUT2D eigenvalue weighted by Gasteiger charge is 2.21. The molecule has 11 heavy (non-hydrogen) atoms. The van der Waals surface area contributed by atoms with Gasteiger partial charge in [0.25, 0.3) is 0 Å². The lowest BCUT2D eigenvalue weighted by Gasteiger charge is -2.20. The van der Waals surface area contributed by atoms with Crippen molar-refractivity contribution in [2.75, 3.05) is 6.61 Å². The van der Waals surface area contributed by atoms with Gasteiger partial charge >= 0.3 is 5.97 Å². The maximum atomic E-state index is 10.3. The summed E-state index contributed by atoms with van der Waals surface area (Å²) in [6.45, 7) is 3.82. The van der Waals surface area contributed by atoms with Crippen molar-refractivity contribution >= 4 is 5.97 Å². The fraction of sp³-hybridized carbons (Fsp3) is 0.857. The first kappa shape index (κ1) is 10.4. The number of hydrogen-bond donors (Lipinski definition) is 2. The molecule has 0 aromatic heterocycles. The predicted octanol–water partition coefficient (Wildman–Crippen LogP) is 1.37. The molecule has 0 rings (SSSR count). The van der Waals surface area contributed by atoms with Gasteiger partial charge in [0.15, 0.2) is 0 Å². The van der Waals surface area contributed by atoms with Gasteiger partial charge in [-0.3, -0.25) is 10.1 Å². The molecule has 0 aliphatic rings. The monoisotopic (exact) mass is 162 g/mol. The first-order chi connectivity index (χ1) is 4.98. The highest BCUT2D eigenvalue weighted by Crippen LogP contribution is 2.24. The van der Waals surface area contributed by atoms with Crippen LogP contribution in [0.2, 0.25) is 0 Å². The maximum Gasteiger partial charge on any atom is 0.303 e. The van der Waals surface area contributed by atoms with Gasteiger partial charge in [0.2, 0.25) is 0 Å². The summed E-state index contributed by atoms with van der Waals surface area (Å²) in [6, 6.07) is 0. The normalized spacial score (nSPS) is 11.5. The third kappa shape index (κ3) is 5.82. The fourth-order valence-corrected chi connectivity index (χ4v) is 0.820. The van der Waals surface area contributed by atoms with Gasteiger partial charge in [0.1, 0.15) is 0 Å². The van der Waals surface area contributed by atoms with E-state index in [0.29, 0.717) is 6.42 Å². The summed E-state index contributed by atoms with van der Waals surface area (Å²) in [5, 5.41) is 16.5. The Bertz CT molecular complexity index is 130. The maximum absolute atomic E-state index is 10.3. The Balaban J connectivity index is 3.70. The average Bonchev–Trinajstić information content (AvgIpc) is 1.81. The van der Waals surface area contributed by atoms with Crippen molar-refractivity contribution in [3.63, 3.8) is 0 Å². The molecule has 0 bridgehead atoms. The van der Waals surface area contributed by atoms with E-state index in [-0.39, 0.29) is 18.4 Å². The van der Waals surface area contributed by atoms with E-state index in [1.165, 1.54) is 0 Å². The lowest BCUT2D eigenvalue weighted by molar-refractivity contribution is -0.246. The Morgan fingerprint density at radius 2 is 2.09 bits per heavy atom. The molecular formula is C7H14O4. The third-order valence-corrected chi connectivity index (χ3v) is 1.50. The predicted molar refractivity (Wildman–Crippen MR) is 39.2 cm³/mol. The summed E-state index contributed by atoms with van der Waals surface area (Å²) in [6.07, 6.45) is 0.631. The van der Waals surface area contributed by atoms with Crippen molar-refractivity contribution in [3.8, 4) is 0 Å². The highest BCUT2D eigenvalue weighted by molar-refractivity contribution is 5.67. The van der Waals surface area contributed by atoms with Crippen LogP contribution in [0.25, 0.3) is 0 Å². The second-order valence-corrected chi connectivity index (χ2v) is 3.32. The third-order valence-electron chi connectivity index (χ3n) is 1.50. The molecule has 4 heteroatoms. The molecule has 0 unspecified atom stereocenters. The number of carboxylic acid groups (broad SMARTS) is 1. The van der Waals surface area contributed by atoms with Crippen molar-refractivity contribution in [2.45, 2.75) is 26.7 Å². The number of hydrogen-bond acceptors (Lipinski definition) is 3. The lowest BCUT2D eigenvalue weighted by Crippen LogP contribution is -2.18. The quantitative estimate of drug-likeness (QED) is 0.473. The molecule has 0 aliphatic carbocycles. The zero-order valence-electron chi connectivity index (χ0n) is 6.83.